The van der Waals surface area contributed by atoms with Crippen molar-refractivity contribution in [1.29, 1.82) is 0 Å². The molecule has 2 aliphatic rings. The molecule has 3 nitrogen and oxygen atoms in total. The van der Waals surface area contributed by atoms with Gasteiger partial charge in [-0.3, -0.25) is 4.79 Å². The zero-order chi connectivity index (χ0) is 12.0. The lowest BCUT2D eigenvalue weighted by Gasteiger charge is -2.37. The number of carbonyl (C=O) groups is 1. The summed E-state index contributed by atoms with van der Waals surface area (Å²) in [5.74, 6) is 1.10. The highest BCUT2D eigenvalue weighted by Crippen LogP contribution is 2.46. The van der Waals surface area contributed by atoms with Crippen molar-refractivity contribution < 1.29 is 9.53 Å². The maximum absolute atomic E-state index is 12.1. The number of hydrogen-bond donors (Lipinski definition) is 1. The monoisotopic (exact) mass is 225 g/mol. The molecule has 2 aliphatic carbocycles. The largest absolute Gasteiger partial charge is 0.459 e. The molecular weight excluding hydrogens is 202 g/mol. The summed E-state index contributed by atoms with van der Waals surface area (Å²) < 4.78 is 5.44. The lowest BCUT2D eigenvalue weighted by atomic mass is 9.76. The van der Waals surface area contributed by atoms with Crippen molar-refractivity contribution in [3.8, 4) is 0 Å². The predicted molar refractivity (Wildman–Crippen MR) is 62.8 cm³/mol. The summed E-state index contributed by atoms with van der Waals surface area (Å²) in [6.07, 6.45) is 5.39. The van der Waals surface area contributed by atoms with Crippen LogP contribution in [0.4, 0.5) is 0 Å². The number of nitrogens with two attached hydrogens (primary N) is 1. The first-order valence-corrected chi connectivity index (χ1v) is 6.31. The van der Waals surface area contributed by atoms with E-state index < -0.39 is 11.1 Å². The number of fused-ring (bicyclic) bond motifs is 2. The molecule has 0 heterocycles. The molecule has 0 spiro atoms. The molecule has 0 amide bonds. The number of hydrogen-bond acceptors (Lipinski definition) is 3. The van der Waals surface area contributed by atoms with Crippen LogP contribution in [0.2, 0.25) is 0 Å². The Hall–Kier alpha value is -0.570. The summed E-state index contributed by atoms with van der Waals surface area (Å²) in [4.78, 5) is 12.1. The molecule has 2 bridgehead atoms. The lowest BCUT2D eigenvalue weighted by molar-refractivity contribution is -0.164. The molecule has 2 unspecified atom stereocenters. The van der Waals surface area contributed by atoms with Crippen LogP contribution in [0.25, 0.3) is 0 Å². The van der Waals surface area contributed by atoms with Crippen LogP contribution >= 0.6 is 0 Å². The van der Waals surface area contributed by atoms with Gasteiger partial charge in [-0.2, -0.15) is 0 Å². The number of ether oxygens (including phenoxy) is 1. The van der Waals surface area contributed by atoms with Crippen molar-refractivity contribution in [2.75, 3.05) is 0 Å². The fourth-order valence-electron chi connectivity index (χ4n) is 3.21. The third-order valence-electron chi connectivity index (χ3n) is 3.76. The van der Waals surface area contributed by atoms with Gasteiger partial charge in [-0.1, -0.05) is 12.8 Å². The molecule has 0 aromatic carbocycles. The van der Waals surface area contributed by atoms with Crippen LogP contribution < -0.4 is 5.73 Å². The molecule has 3 heteroatoms. The molecule has 2 fully saturated rings. The van der Waals surface area contributed by atoms with Crippen LogP contribution in [0.5, 0.6) is 0 Å². The van der Waals surface area contributed by atoms with E-state index in [4.69, 9.17) is 10.5 Å². The van der Waals surface area contributed by atoms with E-state index in [0.717, 1.165) is 12.8 Å². The third kappa shape index (κ3) is 2.40. The standard InChI is InChI=1S/C13H23NO2/c1-12(2,3)16-11(15)13(14)7-9-4-5-10(6-9)8-13/h9-10H,4-8,14H2,1-3H3. The molecule has 2 saturated carbocycles. The third-order valence-corrected chi connectivity index (χ3v) is 3.76. The molecular formula is C13H23NO2. The van der Waals surface area contributed by atoms with Crippen LogP contribution in [0.1, 0.15) is 52.9 Å². The van der Waals surface area contributed by atoms with Gasteiger partial charge in [-0.05, 0) is 51.9 Å². The summed E-state index contributed by atoms with van der Waals surface area (Å²) in [5, 5.41) is 0. The van der Waals surface area contributed by atoms with Crippen LogP contribution in [-0.4, -0.2) is 17.1 Å². The van der Waals surface area contributed by atoms with Gasteiger partial charge in [0.15, 0.2) is 0 Å². The average Bonchev–Trinajstić information content (AvgIpc) is 2.43. The van der Waals surface area contributed by atoms with E-state index in [0.29, 0.717) is 11.8 Å². The summed E-state index contributed by atoms with van der Waals surface area (Å²) in [7, 11) is 0. The molecule has 0 aliphatic heterocycles. The zero-order valence-electron chi connectivity index (χ0n) is 10.6. The Labute approximate surface area is 97.7 Å². The first kappa shape index (κ1) is 11.9. The number of esters is 1. The summed E-state index contributed by atoms with van der Waals surface area (Å²) in [5.41, 5.74) is 5.11. The second kappa shape index (κ2) is 3.73. The Morgan fingerprint density at radius 1 is 1.25 bits per heavy atom. The van der Waals surface area contributed by atoms with Crippen LogP contribution in [0, 0.1) is 11.8 Å². The highest BCUT2D eigenvalue weighted by atomic mass is 16.6. The van der Waals surface area contributed by atoms with E-state index in [2.05, 4.69) is 0 Å². The molecule has 0 radical (unpaired) electrons. The lowest BCUT2D eigenvalue weighted by Crippen LogP contribution is -2.54. The Bertz CT molecular complexity index is 281. The molecule has 2 atom stereocenters. The van der Waals surface area contributed by atoms with E-state index in [1.807, 2.05) is 20.8 Å². The van der Waals surface area contributed by atoms with E-state index in [9.17, 15) is 4.79 Å². The summed E-state index contributed by atoms with van der Waals surface area (Å²) in [6.45, 7) is 5.68. The SMILES string of the molecule is CC(C)(C)OC(=O)C1(N)CC2CCC(C2)C1. The van der Waals surface area contributed by atoms with Gasteiger partial charge in [0, 0.05) is 0 Å². The van der Waals surface area contributed by atoms with Gasteiger partial charge < -0.3 is 10.5 Å². The van der Waals surface area contributed by atoms with Crippen molar-refractivity contribution in [3.05, 3.63) is 0 Å². The molecule has 0 aromatic rings. The highest BCUT2D eigenvalue weighted by molar-refractivity contribution is 5.81. The van der Waals surface area contributed by atoms with E-state index >= 15 is 0 Å². The number of carbonyl (C=O) groups excluding carboxylic acids is 1. The van der Waals surface area contributed by atoms with Gasteiger partial charge in [0.1, 0.15) is 11.1 Å². The normalized spacial score (nSPS) is 38.5. The van der Waals surface area contributed by atoms with Gasteiger partial charge >= 0.3 is 5.97 Å². The average molecular weight is 225 g/mol. The maximum atomic E-state index is 12.1. The number of rotatable bonds is 1. The minimum absolute atomic E-state index is 0.198. The Balaban J connectivity index is 2.05. The Morgan fingerprint density at radius 2 is 1.75 bits per heavy atom. The molecule has 92 valence electrons. The Morgan fingerprint density at radius 3 is 2.19 bits per heavy atom. The molecule has 2 rings (SSSR count). The smallest absolute Gasteiger partial charge is 0.326 e. The summed E-state index contributed by atoms with van der Waals surface area (Å²) >= 11 is 0. The quantitative estimate of drug-likeness (QED) is 0.696. The van der Waals surface area contributed by atoms with Crippen molar-refractivity contribution in [2.24, 2.45) is 17.6 Å². The minimum Gasteiger partial charge on any atom is -0.459 e. The maximum Gasteiger partial charge on any atom is 0.326 e. The topological polar surface area (TPSA) is 52.3 Å². The van der Waals surface area contributed by atoms with E-state index in [-0.39, 0.29) is 5.97 Å². The molecule has 2 N–H and O–H groups in total. The highest BCUT2D eigenvalue weighted by Gasteiger charge is 2.47. The fraction of sp³-hybridized carbons (Fsp3) is 0.923. The second-order valence-electron chi connectivity index (χ2n) is 6.61. The molecule has 0 saturated heterocycles. The van der Waals surface area contributed by atoms with Crippen molar-refractivity contribution in [1.82, 2.24) is 0 Å². The van der Waals surface area contributed by atoms with Crippen LogP contribution in [-0.2, 0) is 9.53 Å². The van der Waals surface area contributed by atoms with Gasteiger partial charge in [-0.15, -0.1) is 0 Å². The van der Waals surface area contributed by atoms with Crippen LogP contribution in [0.15, 0.2) is 0 Å². The van der Waals surface area contributed by atoms with Crippen molar-refractivity contribution in [3.63, 3.8) is 0 Å². The second-order valence-corrected chi connectivity index (χ2v) is 6.61. The van der Waals surface area contributed by atoms with Gasteiger partial charge in [0.05, 0.1) is 0 Å². The van der Waals surface area contributed by atoms with E-state index in [1.54, 1.807) is 0 Å². The van der Waals surface area contributed by atoms with Crippen molar-refractivity contribution >= 4 is 5.97 Å². The molecule has 0 aromatic heterocycles. The summed E-state index contributed by atoms with van der Waals surface area (Å²) in [6, 6.07) is 0. The van der Waals surface area contributed by atoms with Gasteiger partial charge in [0.2, 0.25) is 0 Å². The van der Waals surface area contributed by atoms with Crippen molar-refractivity contribution in [2.45, 2.75) is 64.0 Å². The van der Waals surface area contributed by atoms with E-state index in [1.165, 1.54) is 19.3 Å². The minimum atomic E-state index is -0.711. The first-order valence-electron chi connectivity index (χ1n) is 6.31. The van der Waals surface area contributed by atoms with Gasteiger partial charge in [-0.25, -0.2) is 0 Å². The Kier molecular flexibility index (Phi) is 2.77. The van der Waals surface area contributed by atoms with Crippen LogP contribution in [0.3, 0.4) is 0 Å². The fourth-order valence-corrected chi connectivity index (χ4v) is 3.21. The molecule has 16 heavy (non-hydrogen) atoms. The predicted octanol–water partition coefficient (Wildman–Crippen LogP) is 2.24. The van der Waals surface area contributed by atoms with Gasteiger partial charge in [0.25, 0.3) is 0 Å². The zero-order valence-corrected chi connectivity index (χ0v) is 10.6. The first-order chi connectivity index (χ1) is 7.28.